The molecule has 0 saturated heterocycles. The van der Waals surface area contributed by atoms with Gasteiger partial charge in [0.25, 0.3) is 0 Å². The predicted molar refractivity (Wildman–Crippen MR) is 71.8 cm³/mol. The van der Waals surface area contributed by atoms with Crippen molar-refractivity contribution in [3.05, 3.63) is 17.5 Å². The number of hydrogen-bond acceptors (Lipinski definition) is 3. The first kappa shape index (κ1) is 13.6. The lowest BCUT2D eigenvalue weighted by molar-refractivity contribution is 0.593. The summed E-state index contributed by atoms with van der Waals surface area (Å²) in [5.74, 6) is 3.21. The summed E-state index contributed by atoms with van der Waals surface area (Å²) in [5.41, 5.74) is 2.43. The highest BCUT2D eigenvalue weighted by Crippen LogP contribution is 2.09. The van der Waals surface area contributed by atoms with Gasteiger partial charge < -0.3 is 5.32 Å². The molecule has 4 heteroatoms. The van der Waals surface area contributed by atoms with E-state index in [1.165, 1.54) is 17.1 Å². The second-order valence-corrected chi connectivity index (χ2v) is 5.81. The molecule has 0 radical (unpaired) electrons. The minimum Gasteiger partial charge on any atom is -0.309 e. The van der Waals surface area contributed by atoms with Gasteiger partial charge in [-0.05, 0) is 25.5 Å². The normalized spacial score (nSPS) is 13.3. The molecule has 1 heterocycles. The van der Waals surface area contributed by atoms with Crippen LogP contribution in [0.1, 0.15) is 32.0 Å². The minimum absolute atomic E-state index is 0.554. The van der Waals surface area contributed by atoms with Crippen LogP contribution in [0.25, 0.3) is 0 Å². The maximum atomic E-state index is 4.01. The number of hydrogen-bond donors (Lipinski definition) is 2. The molecule has 2 N–H and O–H groups in total. The highest BCUT2D eigenvalue weighted by molar-refractivity contribution is 7.99. The van der Waals surface area contributed by atoms with Gasteiger partial charge in [-0.15, -0.1) is 0 Å². The quantitative estimate of drug-likeness (QED) is 0.771. The lowest BCUT2D eigenvalue weighted by atomic mass is 10.2. The van der Waals surface area contributed by atoms with Gasteiger partial charge in [-0.3, -0.25) is 5.10 Å². The monoisotopic (exact) mass is 241 g/mol. The van der Waals surface area contributed by atoms with Crippen LogP contribution < -0.4 is 5.32 Å². The minimum atomic E-state index is 0.554. The molecule has 0 fully saturated rings. The molecule has 0 aliphatic heterocycles. The van der Waals surface area contributed by atoms with E-state index < -0.39 is 0 Å². The van der Waals surface area contributed by atoms with E-state index in [-0.39, 0.29) is 0 Å². The van der Waals surface area contributed by atoms with Crippen molar-refractivity contribution in [3.63, 3.8) is 0 Å². The molecule has 0 amide bonds. The second-order valence-electron chi connectivity index (χ2n) is 4.73. The Labute approximate surface area is 103 Å². The van der Waals surface area contributed by atoms with Crippen molar-refractivity contribution in [1.29, 1.82) is 0 Å². The van der Waals surface area contributed by atoms with Crippen LogP contribution in [-0.2, 0) is 6.54 Å². The third-order valence-corrected chi connectivity index (χ3v) is 4.03. The van der Waals surface area contributed by atoms with Crippen LogP contribution >= 0.6 is 11.8 Å². The van der Waals surface area contributed by atoms with E-state index in [0.29, 0.717) is 6.04 Å². The molecule has 1 unspecified atom stereocenters. The molecule has 16 heavy (non-hydrogen) atoms. The Morgan fingerprint density at radius 1 is 1.38 bits per heavy atom. The summed E-state index contributed by atoms with van der Waals surface area (Å²) in [7, 11) is 0. The second kappa shape index (κ2) is 6.97. The number of aromatic nitrogens is 2. The number of nitrogens with one attached hydrogen (secondary N) is 2. The first-order valence-corrected chi connectivity index (χ1v) is 7.05. The fourth-order valence-corrected chi connectivity index (χ4v) is 2.46. The maximum absolute atomic E-state index is 4.01. The van der Waals surface area contributed by atoms with E-state index in [9.17, 15) is 0 Å². The molecule has 0 aliphatic rings. The van der Waals surface area contributed by atoms with Gasteiger partial charge in [0, 0.05) is 29.6 Å². The molecule has 92 valence electrons. The molecule has 0 bridgehead atoms. The van der Waals surface area contributed by atoms with Crippen LogP contribution in [0.5, 0.6) is 0 Å². The summed E-state index contributed by atoms with van der Waals surface area (Å²) >= 11 is 2.02. The summed E-state index contributed by atoms with van der Waals surface area (Å²) in [5, 5.41) is 10.5. The van der Waals surface area contributed by atoms with Crippen molar-refractivity contribution in [1.82, 2.24) is 15.5 Å². The van der Waals surface area contributed by atoms with Crippen molar-refractivity contribution < 1.29 is 0 Å². The highest BCUT2D eigenvalue weighted by Gasteiger charge is 2.05. The van der Waals surface area contributed by atoms with Gasteiger partial charge in [0.05, 0.1) is 6.20 Å². The predicted octanol–water partition coefficient (Wildman–Crippen LogP) is 2.59. The molecule has 1 atom stereocenters. The standard InChI is InChI=1S/C12H23N3S/c1-9(2)7-16-8-10(3)13-5-12-6-14-15-11(12)4/h6,9-10,13H,5,7-8H2,1-4H3,(H,14,15). The molecule has 0 spiro atoms. The number of H-pyrrole nitrogens is 1. The average Bonchev–Trinajstić information content (AvgIpc) is 2.60. The third kappa shape index (κ3) is 5.03. The lowest BCUT2D eigenvalue weighted by Gasteiger charge is -2.13. The van der Waals surface area contributed by atoms with E-state index >= 15 is 0 Å². The Hall–Kier alpha value is -0.480. The zero-order valence-corrected chi connectivity index (χ0v) is 11.5. The van der Waals surface area contributed by atoms with Crippen molar-refractivity contribution >= 4 is 11.8 Å². The van der Waals surface area contributed by atoms with Crippen LogP contribution in [0.15, 0.2) is 6.20 Å². The summed E-state index contributed by atoms with van der Waals surface area (Å²) in [6, 6.07) is 0.554. The average molecular weight is 241 g/mol. The number of aryl methyl sites for hydroxylation is 1. The van der Waals surface area contributed by atoms with Gasteiger partial charge in [0.1, 0.15) is 0 Å². The van der Waals surface area contributed by atoms with Gasteiger partial charge in [-0.1, -0.05) is 13.8 Å². The van der Waals surface area contributed by atoms with Crippen LogP contribution in [0.2, 0.25) is 0 Å². The maximum Gasteiger partial charge on any atom is 0.0535 e. The molecule has 1 aromatic rings. The summed E-state index contributed by atoms with van der Waals surface area (Å²) < 4.78 is 0. The molecule has 0 aromatic carbocycles. The Bertz CT molecular complexity index is 296. The van der Waals surface area contributed by atoms with Crippen molar-refractivity contribution in [3.8, 4) is 0 Å². The molecule has 0 aliphatic carbocycles. The fourth-order valence-electron chi connectivity index (χ4n) is 1.38. The summed E-state index contributed by atoms with van der Waals surface area (Å²) in [4.78, 5) is 0. The smallest absolute Gasteiger partial charge is 0.0535 e. The Balaban J connectivity index is 2.15. The van der Waals surface area contributed by atoms with Gasteiger partial charge in [0.2, 0.25) is 0 Å². The third-order valence-electron chi connectivity index (χ3n) is 2.39. The largest absolute Gasteiger partial charge is 0.309 e. The van der Waals surface area contributed by atoms with Gasteiger partial charge in [-0.2, -0.15) is 16.9 Å². The topological polar surface area (TPSA) is 40.7 Å². The molecular formula is C12H23N3S. The molecule has 3 nitrogen and oxygen atoms in total. The highest BCUT2D eigenvalue weighted by atomic mass is 32.2. The Morgan fingerprint density at radius 3 is 2.69 bits per heavy atom. The summed E-state index contributed by atoms with van der Waals surface area (Å²) in [6.45, 7) is 9.73. The van der Waals surface area contributed by atoms with E-state index in [0.717, 1.165) is 18.2 Å². The summed E-state index contributed by atoms with van der Waals surface area (Å²) in [6.07, 6.45) is 1.90. The Morgan fingerprint density at radius 2 is 2.12 bits per heavy atom. The van der Waals surface area contributed by atoms with Crippen molar-refractivity contribution in [2.75, 3.05) is 11.5 Å². The van der Waals surface area contributed by atoms with Crippen LogP contribution in [-0.4, -0.2) is 27.7 Å². The zero-order valence-electron chi connectivity index (χ0n) is 10.7. The van der Waals surface area contributed by atoms with E-state index in [4.69, 9.17) is 0 Å². The van der Waals surface area contributed by atoms with Crippen LogP contribution in [0.4, 0.5) is 0 Å². The van der Waals surface area contributed by atoms with Gasteiger partial charge in [0.15, 0.2) is 0 Å². The SMILES string of the molecule is Cc1[nH]ncc1CNC(C)CSCC(C)C. The number of rotatable bonds is 7. The number of nitrogens with zero attached hydrogens (tertiary/aromatic N) is 1. The van der Waals surface area contributed by atoms with Gasteiger partial charge in [-0.25, -0.2) is 0 Å². The number of thioether (sulfide) groups is 1. The first-order chi connectivity index (χ1) is 7.59. The van der Waals surface area contributed by atoms with Crippen LogP contribution in [0.3, 0.4) is 0 Å². The van der Waals surface area contributed by atoms with Gasteiger partial charge >= 0.3 is 0 Å². The molecular weight excluding hydrogens is 218 g/mol. The van der Waals surface area contributed by atoms with E-state index in [1.807, 2.05) is 18.0 Å². The molecule has 1 rings (SSSR count). The molecule has 0 saturated carbocycles. The number of aromatic amines is 1. The van der Waals surface area contributed by atoms with Crippen molar-refractivity contribution in [2.24, 2.45) is 5.92 Å². The van der Waals surface area contributed by atoms with Crippen LogP contribution in [0, 0.1) is 12.8 Å². The van der Waals surface area contributed by atoms with E-state index in [1.54, 1.807) is 0 Å². The zero-order chi connectivity index (χ0) is 12.0. The van der Waals surface area contributed by atoms with Crippen molar-refractivity contribution in [2.45, 2.75) is 40.3 Å². The fraction of sp³-hybridized carbons (Fsp3) is 0.750. The molecule has 1 aromatic heterocycles. The Kier molecular flexibility index (Phi) is 5.91. The first-order valence-electron chi connectivity index (χ1n) is 5.89. The lowest BCUT2D eigenvalue weighted by Crippen LogP contribution is -2.28. The van der Waals surface area contributed by atoms with E-state index in [2.05, 4.69) is 43.2 Å².